The van der Waals surface area contributed by atoms with Crippen molar-refractivity contribution in [2.24, 2.45) is 11.1 Å². The number of nitrogens with two attached hydrogens (primary N) is 1. The van der Waals surface area contributed by atoms with E-state index in [4.69, 9.17) is 22.1 Å². The van der Waals surface area contributed by atoms with Gasteiger partial charge < -0.3 is 10.5 Å². The lowest BCUT2D eigenvalue weighted by atomic mass is 9.71. The van der Waals surface area contributed by atoms with E-state index in [0.29, 0.717) is 34.9 Å². The predicted molar refractivity (Wildman–Crippen MR) is 102 cm³/mol. The highest BCUT2D eigenvalue weighted by Crippen LogP contribution is 2.47. The molecule has 0 saturated heterocycles. The van der Waals surface area contributed by atoms with Gasteiger partial charge in [-0.25, -0.2) is 4.68 Å². The van der Waals surface area contributed by atoms with Gasteiger partial charge in [-0.3, -0.25) is 4.79 Å². The van der Waals surface area contributed by atoms with Crippen LogP contribution in [0.3, 0.4) is 0 Å². The Balaban J connectivity index is 1.82. The van der Waals surface area contributed by atoms with Crippen molar-refractivity contribution in [3.63, 3.8) is 0 Å². The van der Waals surface area contributed by atoms with E-state index < -0.39 is 5.92 Å². The van der Waals surface area contributed by atoms with E-state index in [0.717, 1.165) is 5.69 Å². The monoisotopic (exact) mass is 395 g/mol. The largest absolute Gasteiger partial charge is 0.444 e. The summed E-state index contributed by atoms with van der Waals surface area (Å²) in [4.78, 5) is 12.9. The van der Waals surface area contributed by atoms with E-state index in [-0.39, 0.29) is 22.7 Å². The minimum absolute atomic E-state index is 0.00838. The molecule has 1 aliphatic heterocycles. The topological polar surface area (TPSA) is 107 Å². The molecule has 4 rings (SSSR count). The fourth-order valence-electron chi connectivity index (χ4n) is 3.73. The molecule has 0 spiro atoms. The Labute approximate surface area is 167 Å². The van der Waals surface area contributed by atoms with Crippen LogP contribution in [0.2, 0.25) is 5.02 Å². The molecule has 1 aromatic heterocycles. The lowest BCUT2D eigenvalue weighted by molar-refractivity contribution is -0.119. The maximum Gasteiger partial charge on any atom is 0.205 e. The fourth-order valence-corrected chi connectivity index (χ4v) is 3.92. The summed E-state index contributed by atoms with van der Waals surface area (Å²) in [6, 6.07) is 9.23. The third-order valence-corrected chi connectivity index (χ3v) is 5.19. The molecule has 0 radical (unpaired) electrons. The minimum atomic E-state index is -0.690. The normalized spacial score (nSPS) is 21.2. The summed E-state index contributed by atoms with van der Waals surface area (Å²) in [5.74, 6) is -0.229. The van der Waals surface area contributed by atoms with Gasteiger partial charge in [0, 0.05) is 23.4 Å². The second-order valence-corrected chi connectivity index (χ2v) is 8.21. The van der Waals surface area contributed by atoms with E-state index in [9.17, 15) is 10.1 Å². The smallest absolute Gasteiger partial charge is 0.205 e. The third-order valence-electron chi connectivity index (χ3n) is 4.96. The quantitative estimate of drug-likeness (QED) is 0.835. The van der Waals surface area contributed by atoms with E-state index in [1.54, 1.807) is 29.1 Å². The zero-order valence-corrected chi connectivity index (χ0v) is 16.2. The molecular formula is C20H18ClN5O2. The summed E-state index contributed by atoms with van der Waals surface area (Å²) in [7, 11) is 0. The van der Waals surface area contributed by atoms with E-state index >= 15 is 0 Å². The average molecular weight is 396 g/mol. The van der Waals surface area contributed by atoms with E-state index in [1.807, 2.05) is 19.9 Å². The number of hydrogen-bond donors (Lipinski definition) is 1. The van der Waals surface area contributed by atoms with E-state index in [2.05, 4.69) is 16.4 Å². The Morgan fingerprint density at radius 3 is 2.89 bits per heavy atom. The molecule has 1 aromatic carbocycles. The second kappa shape index (κ2) is 6.50. The number of aromatic nitrogens is 3. The highest BCUT2D eigenvalue weighted by molar-refractivity contribution is 6.30. The van der Waals surface area contributed by atoms with Crippen LogP contribution in [0.25, 0.3) is 5.69 Å². The van der Waals surface area contributed by atoms with Crippen molar-refractivity contribution in [2.45, 2.75) is 32.6 Å². The van der Waals surface area contributed by atoms with Gasteiger partial charge in [-0.05, 0) is 23.6 Å². The molecule has 0 amide bonds. The summed E-state index contributed by atoms with van der Waals surface area (Å²) >= 11 is 6.05. The first-order chi connectivity index (χ1) is 13.3. The van der Waals surface area contributed by atoms with Crippen molar-refractivity contribution in [1.82, 2.24) is 15.0 Å². The molecule has 2 aromatic rings. The minimum Gasteiger partial charge on any atom is -0.444 e. The molecule has 2 heterocycles. The lowest BCUT2D eigenvalue weighted by Crippen LogP contribution is -2.33. The Morgan fingerprint density at radius 2 is 2.18 bits per heavy atom. The van der Waals surface area contributed by atoms with Gasteiger partial charge in [0.25, 0.3) is 0 Å². The molecule has 0 saturated carbocycles. The van der Waals surface area contributed by atoms with Crippen LogP contribution in [0.1, 0.15) is 38.3 Å². The van der Waals surface area contributed by atoms with Gasteiger partial charge in [0.15, 0.2) is 5.78 Å². The standard InChI is InChI=1S/C20H18ClN5O2/c1-20(2)7-15(27)18-16(8-20)28-19(23)13(9-22)17(18)14-10-26(25-24-14)12-5-3-4-11(21)6-12/h3-6,10,17H,7-8,23H2,1-2H3. The van der Waals surface area contributed by atoms with Crippen LogP contribution in [-0.4, -0.2) is 20.8 Å². The average Bonchev–Trinajstić information content (AvgIpc) is 3.09. The number of ketones is 1. The van der Waals surface area contributed by atoms with Crippen LogP contribution < -0.4 is 5.73 Å². The van der Waals surface area contributed by atoms with Crippen molar-refractivity contribution >= 4 is 17.4 Å². The number of carbonyl (C=O) groups is 1. The van der Waals surface area contributed by atoms with Crippen LogP contribution in [0.5, 0.6) is 0 Å². The first kappa shape index (κ1) is 18.3. The number of halogens is 1. The summed E-state index contributed by atoms with van der Waals surface area (Å²) < 4.78 is 7.23. The third kappa shape index (κ3) is 3.06. The number of nitrogens with zero attached hydrogens (tertiary/aromatic N) is 4. The van der Waals surface area contributed by atoms with Crippen molar-refractivity contribution in [2.75, 3.05) is 0 Å². The van der Waals surface area contributed by atoms with Gasteiger partial charge in [-0.15, -0.1) is 5.10 Å². The van der Waals surface area contributed by atoms with Crippen molar-refractivity contribution in [3.05, 3.63) is 64.0 Å². The Bertz CT molecular complexity index is 1090. The summed E-state index contributed by atoms with van der Waals surface area (Å²) in [6.45, 7) is 4.00. The molecule has 2 aliphatic rings. The highest BCUT2D eigenvalue weighted by Gasteiger charge is 2.44. The van der Waals surface area contributed by atoms with E-state index in [1.165, 1.54) is 0 Å². The summed E-state index contributed by atoms with van der Waals surface area (Å²) in [5, 5.41) is 18.6. The summed E-state index contributed by atoms with van der Waals surface area (Å²) in [6.07, 6.45) is 2.61. The molecule has 1 aliphatic carbocycles. The maximum atomic E-state index is 12.9. The van der Waals surface area contributed by atoms with Crippen LogP contribution in [0, 0.1) is 16.7 Å². The molecular weight excluding hydrogens is 378 g/mol. The first-order valence-corrected chi connectivity index (χ1v) is 9.19. The Hall–Kier alpha value is -3.11. The molecule has 2 N–H and O–H groups in total. The molecule has 7 nitrogen and oxygen atoms in total. The first-order valence-electron chi connectivity index (χ1n) is 8.81. The van der Waals surface area contributed by atoms with Crippen molar-refractivity contribution < 1.29 is 9.53 Å². The number of carbonyl (C=O) groups excluding carboxylic acids is 1. The van der Waals surface area contributed by atoms with Crippen LogP contribution in [-0.2, 0) is 9.53 Å². The van der Waals surface area contributed by atoms with Gasteiger partial charge >= 0.3 is 0 Å². The molecule has 142 valence electrons. The Morgan fingerprint density at radius 1 is 1.39 bits per heavy atom. The molecule has 0 bridgehead atoms. The fraction of sp³-hybridized carbons (Fsp3) is 0.300. The number of hydrogen-bond acceptors (Lipinski definition) is 6. The van der Waals surface area contributed by atoms with Crippen LogP contribution >= 0.6 is 11.6 Å². The summed E-state index contributed by atoms with van der Waals surface area (Å²) in [5.41, 5.74) is 7.58. The molecule has 1 unspecified atom stereocenters. The number of benzene rings is 1. The van der Waals surface area contributed by atoms with Gasteiger partial charge in [-0.2, -0.15) is 5.26 Å². The van der Waals surface area contributed by atoms with Gasteiger partial charge in [0.2, 0.25) is 5.88 Å². The zero-order chi connectivity index (χ0) is 20.1. The van der Waals surface area contributed by atoms with Gasteiger partial charge in [-0.1, -0.05) is 36.7 Å². The number of Topliss-reactive ketones (excluding diaryl/α,β-unsaturated/α-hetero) is 1. The molecule has 8 heteroatoms. The van der Waals surface area contributed by atoms with Gasteiger partial charge in [0.05, 0.1) is 23.5 Å². The SMILES string of the molecule is CC1(C)CC(=O)C2=C(C1)OC(N)=C(C#N)C2c1cn(-c2cccc(Cl)c2)nn1. The molecule has 0 fully saturated rings. The molecule has 1 atom stereocenters. The van der Waals surface area contributed by atoms with Crippen molar-refractivity contribution in [3.8, 4) is 11.8 Å². The maximum absolute atomic E-state index is 12.9. The number of ether oxygens (including phenoxy) is 1. The Kier molecular flexibility index (Phi) is 4.24. The van der Waals surface area contributed by atoms with Gasteiger partial charge in [0.1, 0.15) is 17.4 Å². The zero-order valence-electron chi connectivity index (χ0n) is 15.4. The predicted octanol–water partition coefficient (Wildman–Crippen LogP) is 3.37. The molecule has 28 heavy (non-hydrogen) atoms. The lowest BCUT2D eigenvalue weighted by Gasteiger charge is -2.36. The van der Waals surface area contributed by atoms with Crippen LogP contribution in [0.4, 0.5) is 0 Å². The number of rotatable bonds is 2. The second-order valence-electron chi connectivity index (χ2n) is 7.77. The van der Waals surface area contributed by atoms with Crippen LogP contribution in [0.15, 0.2) is 53.3 Å². The highest BCUT2D eigenvalue weighted by atomic mass is 35.5. The number of nitriles is 1. The number of allylic oxidation sites excluding steroid dienone is 3. The van der Waals surface area contributed by atoms with Crippen molar-refractivity contribution in [1.29, 1.82) is 5.26 Å².